The van der Waals surface area contributed by atoms with Gasteiger partial charge in [-0.3, -0.25) is 4.79 Å². The summed E-state index contributed by atoms with van der Waals surface area (Å²) in [7, 11) is -1.53. The summed E-state index contributed by atoms with van der Waals surface area (Å²) in [5, 5.41) is 2.83. The van der Waals surface area contributed by atoms with Crippen molar-refractivity contribution in [3.05, 3.63) is 23.8 Å². The van der Waals surface area contributed by atoms with Crippen molar-refractivity contribution in [3.8, 4) is 5.75 Å². The molecular weight excluding hydrogens is 302 g/mol. The van der Waals surface area contributed by atoms with Gasteiger partial charge in [-0.25, -0.2) is 8.42 Å². The van der Waals surface area contributed by atoms with Crippen LogP contribution in [0.3, 0.4) is 0 Å². The molecule has 1 aromatic carbocycles. The van der Waals surface area contributed by atoms with E-state index in [1.54, 1.807) is 7.11 Å². The summed E-state index contributed by atoms with van der Waals surface area (Å²) in [5.41, 5.74) is 1.61. The molecule has 0 radical (unpaired) electrons. The maximum absolute atomic E-state index is 12.3. The summed E-state index contributed by atoms with van der Waals surface area (Å²) < 4.78 is 28.3. The molecule has 0 unspecified atom stereocenters. The minimum Gasteiger partial charge on any atom is -0.495 e. The zero-order chi connectivity index (χ0) is 16.5. The van der Waals surface area contributed by atoms with Crippen molar-refractivity contribution < 1.29 is 17.9 Å². The first-order chi connectivity index (χ1) is 10.1. The number of carbonyl (C=O) groups excluding carboxylic acids is 1. The fourth-order valence-corrected chi connectivity index (χ4v) is 4.25. The average Bonchev–Trinajstić information content (AvgIpc) is 2.78. The first-order valence-electron chi connectivity index (χ1n) is 7.32. The first-order valence-corrected chi connectivity index (χ1v) is 9.14. The zero-order valence-electron chi connectivity index (χ0n) is 13.5. The van der Waals surface area contributed by atoms with Crippen LogP contribution in [-0.2, 0) is 20.0 Å². The van der Waals surface area contributed by atoms with E-state index >= 15 is 0 Å². The molecular formula is C16H23NO4S. The zero-order valence-corrected chi connectivity index (χ0v) is 14.3. The van der Waals surface area contributed by atoms with Gasteiger partial charge in [0.05, 0.1) is 30.2 Å². The molecule has 0 aromatic heterocycles. The summed E-state index contributed by atoms with van der Waals surface area (Å²) >= 11 is 0. The third kappa shape index (κ3) is 3.80. The Balaban J connectivity index is 2.23. The fraction of sp³-hybridized carbons (Fsp3) is 0.562. The number of ether oxygens (including phenoxy) is 1. The molecule has 1 N–H and O–H groups in total. The molecule has 1 aromatic rings. The molecule has 0 saturated carbocycles. The van der Waals surface area contributed by atoms with E-state index in [0.29, 0.717) is 17.9 Å². The second-order valence-corrected chi connectivity index (χ2v) is 8.98. The number of nitrogens with one attached hydrogen (secondary N) is 1. The monoisotopic (exact) mass is 325 g/mol. The number of amides is 1. The van der Waals surface area contributed by atoms with Crippen LogP contribution in [0.15, 0.2) is 18.2 Å². The highest BCUT2D eigenvalue weighted by molar-refractivity contribution is 7.91. The van der Waals surface area contributed by atoms with Crippen LogP contribution in [0, 0.1) is 5.92 Å². The highest BCUT2D eigenvalue weighted by Gasteiger charge is 2.33. The Morgan fingerprint density at radius 2 is 2.00 bits per heavy atom. The van der Waals surface area contributed by atoms with Crippen LogP contribution in [0.1, 0.15) is 32.8 Å². The van der Waals surface area contributed by atoms with Gasteiger partial charge in [0, 0.05) is 0 Å². The molecule has 1 aliphatic rings. The summed E-state index contributed by atoms with van der Waals surface area (Å²) in [4.78, 5) is 12.3. The maximum atomic E-state index is 12.3. The van der Waals surface area contributed by atoms with E-state index < -0.39 is 15.8 Å². The van der Waals surface area contributed by atoms with Crippen LogP contribution >= 0.6 is 0 Å². The van der Waals surface area contributed by atoms with Crippen molar-refractivity contribution in [2.24, 2.45) is 5.92 Å². The molecule has 1 fully saturated rings. The number of rotatable bonds is 3. The smallest absolute Gasteiger partial charge is 0.228 e. The number of anilines is 1. The van der Waals surface area contributed by atoms with Gasteiger partial charge in [-0.15, -0.1) is 0 Å². The van der Waals surface area contributed by atoms with Crippen molar-refractivity contribution >= 4 is 21.4 Å². The van der Waals surface area contributed by atoms with Crippen LogP contribution < -0.4 is 10.1 Å². The van der Waals surface area contributed by atoms with Gasteiger partial charge in [0.1, 0.15) is 5.75 Å². The van der Waals surface area contributed by atoms with E-state index in [2.05, 4.69) is 26.1 Å². The third-order valence-electron chi connectivity index (χ3n) is 3.93. The lowest BCUT2D eigenvalue weighted by Gasteiger charge is -2.21. The molecule has 122 valence electrons. The average molecular weight is 325 g/mol. The fourth-order valence-electron chi connectivity index (χ4n) is 2.51. The number of hydrogen-bond acceptors (Lipinski definition) is 4. The summed E-state index contributed by atoms with van der Waals surface area (Å²) in [5.74, 6) is -0.148. The van der Waals surface area contributed by atoms with Gasteiger partial charge in [0.25, 0.3) is 0 Å². The normalized spacial score (nSPS) is 20.6. The van der Waals surface area contributed by atoms with E-state index in [9.17, 15) is 13.2 Å². The second kappa shape index (κ2) is 5.91. The minimum atomic E-state index is -3.07. The number of hydrogen-bond donors (Lipinski definition) is 1. The second-order valence-electron chi connectivity index (χ2n) is 6.75. The van der Waals surface area contributed by atoms with E-state index in [1.165, 1.54) is 0 Å². The third-order valence-corrected chi connectivity index (χ3v) is 5.69. The van der Waals surface area contributed by atoms with Crippen LogP contribution in [0.2, 0.25) is 0 Å². The number of benzene rings is 1. The van der Waals surface area contributed by atoms with Gasteiger partial charge in [0.2, 0.25) is 5.91 Å². The molecule has 1 atom stereocenters. The lowest BCUT2D eigenvalue weighted by molar-refractivity contribution is -0.119. The van der Waals surface area contributed by atoms with Gasteiger partial charge < -0.3 is 10.1 Å². The van der Waals surface area contributed by atoms with Crippen LogP contribution in [0.5, 0.6) is 5.75 Å². The maximum Gasteiger partial charge on any atom is 0.228 e. The van der Waals surface area contributed by atoms with Crippen LogP contribution in [0.25, 0.3) is 0 Å². The minimum absolute atomic E-state index is 0.0531. The molecule has 1 heterocycles. The predicted molar refractivity (Wildman–Crippen MR) is 87.1 cm³/mol. The Labute approximate surface area is 132 Å². The summed E-state index contributed by atoms with van der Waals surface area (Å²) in [6.07, 6.45) is 0.384. The standard InChI is InChI=1S/C16H23NO4S/c1-16(2,3)12-5-6-14(21-4)13(9-12)17-15(18)11-7-8-22(19,20)10-11/h5-6,9,11H,7-8,10H2,1-4H3,(H,17,18)/t11-/m1/s1. The van der Waals surface area contributed by atoms with Crippen LogP contribution in [-0.4, -0.2) is 32.9 Å². The van der Waals surface area contributed by atoms with Crippen molar-refractivity contribution in [3.63, 3.8) is 0 Å². The van der Waals surface area contributed by atoms with Crippen molar-refractivity contribution in [2.45, 2.75) is 32.6 Å². The SMILES string of the molecule is COc1ccc(C(C)(C)C)cc1NC(=O)[C@@H]1CCS(=O)(=O)C1. The Morgan fingerprint density at radius 1 is 1.32 bits per heavy atom. The Bertz CT molecular complexity index is 674. The van der Waals surface area contributed by atoms with E-state index in [0.717, 1.165) is 5.56 Å². The predicted octanol–water partition coefficient (Wildman–Crippen LogP) is 2.37. The quantitative estimate of drug-likeness (QED) is 0.926. The molecule has 1 aliphatic heterocycles. The van der Waals surface area contributed by atoms with Crippen molar-refractivity contribution in [1.82, 2.24) is 0 Å². The summed E-state index contributed by atoms with van der Waals surface area (Å²) in [6.45, 7) is 6.26. The molecule has 0 aliphatic carbocycles. The number of sulfone groups is 1. The van der Waals surface area contributed by atoms with Gasteiger partial charge >= 0.3 is 0 Å². The van der Waals surface area contributed by atoms with Gasteiger partial charge in [-0.2, -0.15) is 0 Å². The molecule has 1 saturated heterocycles. The molecule has 5 nitrogen and oxygen atoms in total. The topological polar surface area (TPSA) is 72.5 Å². The molecule has 0 bridgehead atoms. The Hall–Kier alpha value is -1.56. The molecule has 1 amide bonds. The molecule has 0 spiro atoms. The highest BCUT2D eigenvalue weighted by atomic mass is 32.2. The summed E-state index contributed by atoms with van der Waals surface area (Å²) in [6, 6.07) is 5.68. The van der Waals surface area contributed by atoms with Gasteiger partial charge in [-0.1, -0.05) is 26.8 Å². The Morgan fingerprint density at radius 3 is 2.50 bits per heavy atom. The molecule has 22 heavy (non-hydrogen) atoms. The van der Waals surface area contributed by atoms with E-state index in [4.69, 9.17) is 4.74 Å². The van der Waals surface area contributed by atoms with E-state index in [1.807, 2.05) is 18.2 Å². The van der Waals surface area contributed by atoms with Gasteiger partial charge in [-0.05, 0) is 29.5 Å². The number of methoxy groups -OCH3 is 1. The molecule has 6 heteroatoms. The van der Waals surface area contributed by atoms with Crippen molar-refractivity contribution in [1.29, 1.82) is 0 Å². The van der Waals surface area contributed by atoms with Crippen molar-refractivity contribution in [2.75, 3.05) is 23.9 Å². The molecule has 2 rings (SSSR count). The van der Waals surface area contributed by atoms with E-state index in [-0.39, 0.29) is 22.8 Å². The lowest BCUT2D eigenvalue weighted by Crippen LogP contribution is -2.24. The largest absolute Gasteiger partial charge is 0.495 e. The first kappa shape index (κ1) is 16.8. The van der Waals surface area contributed by atoms with Gasteiger partial charge in [0.15, 0.2) is 9.84 Å². The Kier molecular flexibility index (Phi) is 4.52. The van der Waals surface area contributed by atoms with Crippen LogP contribution in [0.4, 0.5) is 5.69 Å². The number of carbonyl (C=O) groups is 1. The highest BCUT2D eigenvalue weighted by Crippen LogP contribution is 2.32. The lowest BCUT2D eigenvalue weighted by atomic mass is 9.86.